The molecule has 3 nitrogen and oxygen atoms in total. The molecule has 1 unspecified atom stereocenters. The van der Waals surface area contributed by atoms with Crippen LogP contribution < -0.4 is 0 Å². The highest BCUT2D eigenvalue weighted by atomic mass is 33.8. The maximum Gasteiger partial charge on any atom is 0.808 e. The van der Waals surface area contributed by atoms with Gasteiger partial charge in [0, 0.05) is 25.6 Å². The first-order chi connectivity index (χ1) is 14.2. The van der Waals surface area contributed by atoms with Crippen LogP contribution in [0, 0.1) is 0 Å². The monoisotopic (exact) mass is 501 g/mol. The van der Waals surface area contributed by atoms with Gasteiger partial charge in [0.25, 0.3) is 0 Å². The molecule has 1 saturated carbocycles. The predicted molar refractivity (Wildman–Crippen MR) is 141 cm³/mol. The third-order valence-electron chi connectivity index (χ3n) is 4.84. The predicted octanol–water partition coefficient (Wildman–Crippen LogP) is 8.18. The molecule has 174 valence electrons. The molecule has 1 rings (SSSR count). The summed E-state index contributed by atoms with van der Waals surface area (Å²) in [6, 6.07) is 0. The second kappa shape index (κ2) is 19.0. The molecular weight excluding hydrogens is 457 g/mol. The quantitative estimate of drug-likeness (QED) is 0.109. The molecule has 8 heteroatoms. The van der Waals surface area contributed by atoms with Crippen LogP contribution in [-0.2, 0) is 21.7 Å². The zero-order valence-electron chi connectivity index (χ0n) is 19.2. The van der Waals surface area contributed by atoms with Gasteiger partial charge in [0.15, 0.2) is 18.2 Å². The lowest BCUT2D eigenvalue weighted by atomic mass is 10.0. The highest BCUT2D eigenvalue weighted by Crippen LogP contribution is 2.48. The van der Waals surface area contributed by atoms with Crippen LogP contribution in [0.25, 0.3) is 0 Å². The molecule has 0 radical (unpaired) electrons. The molecule has 1 aliphatic carbocycles. The summed E-state index contributed by atoms with van der Waals surface area (Å²) in [5.74, 6) is 1.17. The maximum absolute atomic E-state index is 6.33. The fourth-order valence-electron chi connectivity index (χ4n) is 3.42. The average molecular weight is 502 g/mol. The molecule has 0 amide bonds. The van der Waals surface area contributed by atoms with Crippen LogP contribution in [0.4, 0.5) is 0 Å². The molecule has 0 aromatic rings. The van der Waals surface area contributed by atoms with Crippen LogP contribution in [0.3, 0.4) is 0 Å². The lowest BCUT2D eigenvalue weighted by molar-refractivity contribution is 0.0965. The molecule has 0 saturated heterocycles. The molecule has 1 fully saturated rings. The molecule has 1 aliphatic rings. The van der Waals surface area contributed by atoms with Gasteiger partial charge in [-0.2, -0.15) is 0 Å². The molecule has 0 spiro atoms. The molecule has 0 aromatic heterocycles. The average Bonchev–Trinajstić information content (AvgIpc) is 2.69. The van der Waals surface area contributed by atoms with Gasteiger partial charge in [0.1, 0.15) is 0 Å². The van der Waals surface area contributed by atoms with E-state index in [0.29, 0.717) is 25.1 Å². The van der Waals surface area contributed by atoms with Crippen LogP contribution in [0.5, 0.6) is 0 Å². The van der Waals surface area contributed by atoms with E-state index in [-0.39, 0.29) is 8.41 Å². The molecular formula is C21H45O3S4Si+. The zero-order chi connectivity index (χ0) is 21.2. The largest absolute Gasteiger partial charge is 0.808 e. The first-order valence-corrected chi connectivity index (χ1v) is 19.8. The van der Waals surface area contributed by atoms with E-state index in [2.05, 4.69) is 38.5 Å². The minimum atomic E-state index is -2.70. The van der Waals surface area contributed by atoms with Gasteiger partial charge in [-0.1, -0.05) is 64.7 Å². The Hall–Kier alpha value is 1.50. The fraction of sp³-hybridized carbons (Fsp3) is 1.00. The van der Waals surface area contributed by atoms with E-state index in [4.69, 9.17) is 13.3 Å². The lowest BCUT2D eigenvalue weighted by Gasteiger charge is -2.25. The normalized spacial score (nSPS) is 19.4. The van der Waals surface area contributed by atoms with Gasteiger partial charge in [0.05, 0.1) is 16.0 Å². The van der Waals surface area contributed by atoms with Crippen LogP contribution in [-0.4, -0.2) is 38.8 Å². The third-order valence-corrected chi connectivity index (χ3v) is 24.2. The van der Waals surface area contributed by atoms with Crippen molar-refractivity contribution in [3.63, 3.8) is 0 Å². The van der Waals surface area contributed by atoms with Crippen molar-refractivity contribution in [2.45, 2.75) is 110 Å². The fourth-order valence-corrected chi connectivity index (χ4v) is 25.1. The highest BCUT2D eigenvalue weighted by molar-refractivity contribution is 9.29. The number of hydrogen-bond acceptors (Lipinski definition) is 6. The van der Waals surface area contributed by atoms with Gasteiger partial charge >= 0.3 is 7.95 Å². The Morgan fingerprint density at radius 2 is 1.17 bits per heavy atom. The van der Waals surface area contributed by atoms with Gasteiger partial charge < -0.3 is 13.3 Å². The van der Waals surface area contributed by atoms with E-state index in [1.54, 1.807) is 0 Å². The Morgan fingerprint density at radius 1 is 0.724 bits per heavy atom. The Morgan fingerprint density at radius 3 is 1.59 bits per heavy atom. The van der Waals surface area contributed by atoms with Crippen molar-refractivity contribution in [3.05, 3.63) is 0 Å². The summed E-state index contributed by atoms with van der Waals surface area (Å²) in [5, 5.41) is 0.709. The third kappa shape index (κ3) is 12.3. The molecule has 0 bridgehead atoms. The second-order valence-corrected chi connectivity index (χ2v) is 21.4. The maximum atomic E-state index is 6.33. The van der Waals surface area contributed by atoms with Crippen molar-refractivity contribution >= 4 is 47.8 Å². The first kappa shape index (κ1) is 28.5. The van der Waals surface area contributed by atoms with Crippen LogP contribution in [0.2, 0.25) is 0 Å². The molecule has 1 atom stereocenters. The Kier molecular flexibility index (Phi) is 18.7. The van der Waals surface area contributed by atoms with Crippen LogP contribution in [0.15, 0.2) is 0 Å². The van der Waals surface area contributed by atoms with Gasteiger partial charge in [-0.25, -0.2) is 0 Å². The SMILES string of the molecule is CCCSS[S+](SC1CCCCCCCCCCC1)[Si](OCC)(OCC)OCC. The Balaban J connectivity index is 2.89. The van der Waals surface area contributed by atoms with Gasteiger partial charge in [-0.3, -0.25) is 0 Å². The summed E-state index contributed by atoms with van der Waals surface area (Å²) in [6.45, 7) is 10.5. The van der Waals surface area contributed by atoms with Crippen LogP contribution in [0.1, 0.15) is 105 Å². The Labute approximate surface area is 195 Å². The summed E-state index contributed by atoms with van der Waals surface area (Å²) >= 11 is 0. The van der Waals surface area contributed by atoms with Crippen molar-refractivity contribution in [1.82, 2.24) is 0 Å². The second-order valence-electron chi connectivity index (χ2n) is 7.40. The number of rotatable bonds is 13. The van der Waals surface area contributed by atoms with E-state index >= 15 is 0 Å². The molecule has 0 aliphatic heterocycles. The topological polar surface area (TPSA) is 27.7 Å². The summed E-state index contributed by atoms with van der Waals surface area (Å²) in [5.41, 5.74) is 0. The smallest absolute Gasteiger partial charge is 0.331 e. The minimum Gasteiger partial charge on any atom is -0.331 e. The van der Waals surface area contributed by atoms with Crippen LogP contribution >= 0.6 is 31.4 Å². The van der Waals surface area contributed by atoms with Gasteiger partial charge in [-0.15, -0.1) is 0 Å². The molecule has 0 aromatic carbocycles. The van der Waals surface area contributed by atoms with Crippen molar-refractivity contribution < 1.29 is 13.3 Å². The van der Waals surface area contributed by atoms with Gasteiger partial charge in [-0.05, 0) is 50.8 Å². The summed E-state index contributed by atoms with van der Waals surface area (Å²) in [7, 11) is 3.34. The van der Waals surface area contributed by atoms with E-state index in [1.807, 2.05) is 20.6 Å². The zero-order valence-corrected chi connectivity index (χ0v) is 23.5. The van der Waals surface area contributed by atoms with E-state index in [0.717, 1.165) is 0 Å². The van der Waals surface area contributed by atoms with E-state index < -0.39 is 7.95 Å². The molecule has 0 heterocycles. The van der Waals surface area contributed by atoms with Crippen molar-refractivity contribution in [2.24, 2.45) is 0 Å². The lowest BCUT2D eigenvalue weighted by Crippen LogP contribution is -2.51. The number of hydrogen-bond donors (Lipinski definition) is 0. The molecule has 29 heavy (non-hydrogen) atoms. The van der Waals surface area contributed by atoms with Gasteiger partial charge in [0.2, 0.25) is 0 Å². The van der Waals surface area contributed by atoms with Crippen molar-refractivity contribution in [2.75, 3.05) is 25.6 Å². The standard InChI is InChI=1S/C21H45O3S4Si/c1-5-20-25-27-28(29(22-6-2,23-7-3)24-8-4)26-21-18-16-14-12-10-9-11-13-15-17-19-21/h21H,5-20H2,1-4H3/q+1. The van der Waals surface area contributed by atoms with Crippen molar-refractivity contribution in [3.8, 4) is 0 Å². The first-order valence-electron chi connectivity index (χ1n) is 11.9. The summed E-state index contributed by atoms with van der Waals surface area (Å²) in [4.78, 5) is 0. The Bertz CT molecular complexity index is 351. The van der Waals surface area contributed by atoms with E-state index in [9.17, 15) is 0 Å². The minimum absolute atomic E-state index is 0.0822. The summed E-state index contributed by atoms with van der Waals surface area (Å²) < 4.78 is 19.0. The molecule has 0 N–H and O–H groups in total. The van der Waals surface area contributed by atoms with Crippen molar-refractivity contribution in [1.29, 1.82) is 0 Å². The summed E-state index contributed by atoms with van der Waals surface area (Å²) in [6.07, 6.45) is 16.5. The van der Waals surface area contributed by atoms with E-state index in [1.165, 1.54) is 82.8 Å². The highest BCUT2D eigenvalue weighted by Gasteiger charge is 2.66.